The molecular weight excluding hydrogens is 445 g/mol. The van der Waals surface area contributed by atoms with Crippen LogP contribution in [0.25, 0.3) is 0 Å². The molecule has 4 rings (SSSR count). The normalized spacial score (nSPS) is 27.4. The summed E-state index contributed by atoms with van der Waals surface area (Å²) in [5.74, 6) is 0.376. The van der Waals surface area contributed by atoms with Crippen LogP contribution in [0, 0.1) is 11.8 Å². The average Bonchev–Trinajstić information content (AvgIpc) is 3.35. The molecule has 2 aliphatic carbocycles. The van der Waals surface area contributed by atoms with E-state index in [9.17, 15) is 22.8 Å². The number of rotatable bonds is 3. The minimum absolute atomic E-state index is 0.107. The fourth-order valence-electron chi connectivity index (χ4n) is 6.05. The van der Waals surface area contributed by atoms with Crippen molar-refractivity contribution >= 4 is 12.0 Å². The summed E-state index contributed by atoms with van der Waals surface area (Å²) in [6.45, 7) is 6.09. The van der Waals surface area contributed by atoms with Crippen molar-refractivity contribution in [3.8, 4) is 0 Å². The van der Waals surface area contributed by atoms with E-state index in [1.165, 1.54) is 18.2 Å². The minimum atomic E-state index is -4.61. The first kappa shape index (κ1) is 24.9. The van der Waals surface area contributed by atoms with E-state index in [1.54, 1.807) is 30.6 Å². The molecule has 34 heavy (non-hydrogen) atoms. The maximum atomic E-state index is 13.9. The van der Waals surface area contributed by atoms with Crippen LogP contribution >= 0.6 is 0 Å². The molecule has 1 aromatic carbocycles. The summed E-state index contributed by atoms with van der Waals surface area (Å²) in [5.41, 5.74) is -1.84. The number of amides is 2. The maximum absolute atomic E-state index is 13.9. The number of likely N-dealkylation sites (tertiary alicyclic amines) is 1. The molecule has 1 aromatic rings. The number of alkyl halides is 3. The van der Waals surface area contributed by atoms with Crippen LogP contribution in [0.5, 0.6) is 0 Å². The monoisotopic (exact) mass is 480 g/mol. The summed E-state index contributed by atoms with van der Waals surface area (Å²) in [7, 11) is 0. The molecule has 3 fully saturated rings. The van der Waals surface area contributed by atoms with Gasteiger partial charge in [-0.2, -0.15) is 13.2 Å². The molecule has 2 amide bonds. The summed E-state index contributed by atoms with van der Waals surface area (Å²) in [5, 5.41) is 0. The Morgan fingerprint density at radius 1 is 1.03 bits per heavy atom. The van der Waals surface area contributed by atoms with E-state index in [4.69, 9.17) is 4.74 Å². The number of carbonyl (C=O) groups excluding carboxylic acids is 2. The van der Waals surface area contributed by atoms with Crippen LogP contribution in [0.15, 0.2) is 24.3 Å². The van der Waals surface area contributed by atoms with E-state index in [-0.39, 0.29) is 24.2 Å². The lowest BCUT2D eigenvalue weighted by atomic mass is 9.91. The van der Waals surface area contributed by atoms with Crippen molar-refractivity contribution in [2.45, 2.75) is 89.6 Å². The van der Waals surface area contributed by atoms with Gasteiger partial charge in [-0.25, -0.2) is 4.79 Å². The molecule has 1 aliphatic heterocycles. The first-order valence-corrected chi connectivity index (χ1v) is 12.4. The zero-order valence-electron chi connectivity index (χ0n) is 20.2. The van der Waals surface area contributed by atoms with E-state index < -0.39 is 29.3 Å². The Kier molecular flexibility index (Phi) is 6.89. The lowest BCUT2D eigenvalue weighted by molar-refractivity contribution is -0.138. The number of hydrogen-bond acceptors (Lipinski definition) is 3. The van der Waals surface area contributed by atoms with E-state index in [1.807, 2.05) is 0 Å². The van der Waals surface area contributed by atoms with Gasteiger partial charge in [-0.15, -0.1) is 0 Å². The zero-order valence-corrected chi connectivity index (χ0v) is 20.2. The van der Waals surface area contributed by atoms with Crippen molar-refractivity contribution in [3.05, 3.63) is 35.4 Å². The van der Waals surface area contributed by atoms with Gasteiger partial charge in [0.25, 0.3) is 5.91 Å². The summed E-state index contributed by atoms with van der Waals surface area (Å²) < 4.78 is 46.9. The third kappa shape index (κ3) is 5.36. The largest absolute Gasteiger partial charge is 0.444 e. The van der Waals surface area contributed by atoms with Crippen LogP contribution in [0.1, 0.15) is 81.6 Å². The zero-order chi connectivity index (χ0) is 24.7. The Morgan fingerprint density at radius 3 is 2.47 bits per heavy atom. The molecule has 0 N–H and O–H groups in total. The van der Waals surface area contributed by atoms with Gasteiger partial charge in [0, 0.05) is 19.1 Å². The number of fused-ring (bicyclic) bond motifs is 2. The number of halogens is 3. The van der Waals surface area contributed by atoms with Gasteiger partial charge in [0.05, 0.1) is 17.2 Å². The van der Waals surface area contributed by atoms with Gasteiger partial charge in [0.1, 0.15) is 5.60 Å². The maximum Gasteiger partial charge on any atom is 0.417 e. The first-order valence-electron chi connectivity index (χ1n) is 12.4. The highest BCUT2D eigenvalue weighted by atomic mass is 19.4. The molecule has 8 heteroatoms. The number of hydrogen-bond donors (Lipinski definition) is 0. The van der Waals surface area contributed by atoms with Gasteiger partial charge in [-0.05, 0) is 70.4 Å². The van der Waals surface area contributed by atoms with Crippen molar-refractivity contribution < 1.29 is 27.5 Å². The third-order valence-electron chi connectivity index (χ3n) is 7.50. The molecule has 3 unspecified atom stereocenters. The van der Waals surface area contributed by atoms with Crippen LogP contribution in [0.2, 0.25) is 0 Å². The predicted octanol–water partition coefficient (Wildman–Crippen LogP) is 6.13. The number of ether oxygens (including phenoxy) is 1. The second-order valence-corrected chi connectivity index (χ2v) is 11.1. The highest BCUT2D eigenvalue weighted by molar-refractivity contribution is 5.96. The third-order valence-corrected chi connectivity index (χ3v) is 7.50. The van der Waals surface area contributed by atoms with Gasteiger partial charge < -0.3 is 14.5 Å². The summed E-state index contributed by atoms with van der Waals surface area (Å²) in [6.07, 6.45) is 1.51. The van der Waals surface area contributed by atoms with Crippen LogP contribution in [-0.4, -0.2) is 52.6 Å². The number of carbonyl (C=O) groups is 2. The average molecular weight is 481 g/mol. The highest BCUT2D eigenvalue weighted by Crippen LogP contribution is 2.44. The van der Waals surface area contributed by atoms with Gasteiger partial charge in [0.15, 0.2) is 0 Å². The van der Waals surface area contributed by atoms with Gasteiger partial charge in [-0.1, -0.05) is 31.4 Å². The lowest BCUT2D eigenvalue weighted by Gasteiger charge is -2.40. The predicted molar refractivity (Wildman–Crippen MR) is 122 cm³/mol. The molecule has 0 spiro atoms. The Morgan fingerprint density at radius 2 is 1.76 bits per heavy atom. The van der Waals surface area contributed by atoms with Crippen LogP contribution in [0.4, 0.5) is 18.0 Å². The van der Waals surface area contributed by atoms with E-state index in [0.717, 1.165) is 44.6 Å². The fraction of sp³-hybridized carbons (Fsp3) is 0.692. The molecule has 1 heterocycles. The Labute approximate surface area is 199 Å². The minimum Gasteiger partial charge on any atom is -0.444 e. The molecular formula is C26H35F3N2O3. The molecule has 0 radical (unpaired) electrons. The summed E-state index contributed by atoms with van der Waals surface area (Å²) in [4.78, 5) is 29.9. The van der Waals surface area contributed by atoms with Gasteiger partial charge >= 0.3 is 12.3 Å². The second-order valence-electron chi connectivity index (χ2n) is 11.1. The van der Waals surface area contributed by atoms with Crippen molar-refractivity contribution in [1.29, 1.82) is 0 Å². The van der Waals surface area contributed by atoms with Crippen LogP contribution < -0.4 is 0 Å². The van der Waals surface area contributed by atoms with Gasteiger partial charge in [-0.3, -0.25) is 4.79 Å². The smallest absolute Gasteiger partial charge is 0.417 e. The Bertz CT molecular complexity index is 911. The van der Waals surface area contributed by atoms with Crippen LogP contribution in [0.3, 0.4) is 0 Å². The topological polar surface area (TPSA) is 49.9 Å². The Hall–Kier alpha value is -2.25. The molecule has 2 saturated carbocycles. The van der Waals surface area contributed by atoms with Crippen molar-refractivity contribution in [2.75, 3.05) is 13.1 Å². The molecule has 1 saturated heterocycles. The Balaban J connectivity index is 1.65. The van der Waals surface area contributed by atoms with E-state index >= 15 is 0 Å². The summed E-state index contributed by atoms with van der Waals surface area (Å²) in [6, 6.07) is 4.63. The second kappa shape index (κ2) is 9.42. The quantitative estimate of drug-likeness (QED) is 0.523. The number of benzene rings is 1. The molecule has 3 aliphatic rings. The van der Waals surface area contributed by atoms with Crippen LogP contribution in [-0.2, 0) is 10.9 Å². The highest BCUT2D eigenvalue weighted by Gasteiger charge is 2.45. The SMILES string of the molecule is CC(C)(C)OC(=O)N1CC[C@H](N(C(=O)c2ccccc2C(F)(F)F)C2CCCC3CCC2C3)C1. The van der Waals surface area contributed by atoms with Crippen molar-refractivity contribution in [2.24, 2.45) is 11.8 Å². The van der Waals surface area contributed by atoms with E-state index in [2.05, 4.69) is 0 Å². The molecule has 2 bridgehead atoms. The summed E-state index contributed by atoms with van der Waals surface area (Å²) >= 11 is 0. The lowest BCUT2D eigenvalue weighted by Crippen LogP contribution is -2.51. The first-order chi connectivity index (χ1) is 15.9. The molecule has 4 atom stereocenters. The van der Waals surface area contributed by atoms with Gasteiger partial charge in [0.2, 0.25) is 0 Å². The van der Waals surface area contributed by atoms with Crippen molar-refractivity contribution in [3.63, 3.8) is 0 Å². The fourth-order valence-corrected chi connectivity index (χ4v) is 6.05. The number of nitrogens with zero attached hydrogens (tertiary/aromatic N) is 2. The van der Waals surface area contributed by atoms with Crippen molar-refractivity contribution in [1.82, 2.24) is 9.80 Å². The molecule has 188 valence electrons. The van der Waals surface area contributed by atoms with E-state index in [0.29, 0.717) is 24.8 Å². The molecule has 5 nitrogen and oxygen atoms in total. The standard InChI is InChI=1S/C26H35F3N2O3/c1-25(2,3)34-24(33)30-14-13-19(16-30)31(22-10-6-7-17-11-12-18(22)15-17)23(32)20-8-4-5-9-21(20)26(27,28)29/h4-5,8-9,17-19,22H,6-7,10-16H2,1-3H3/t17?,18?,19-,22?/m0/s1. The molecule has 0 aromatic heterocycles.